The van der Waals surface area contributed by atoms with Crippen molar-refractivity contribution in [3.63, 3.8) is 0 Å². The highest BCUT2D eigenvalue weighted by molar-refractivity contribution is 7.38. The van der Waals surface area contributed by atoms with Crippen LogP contribution < -0.4 is 0 Å². The van der Waals surface area contributed by atoms with Crippen molar-refractivity contribution in [1.29, 1.82) is 0 Å². The van der Waals surface area contributed by atoms with E-state index >= 15 is 0 Å². The molecule has 0 fully saturated rings. The summed E-state index contributed by atoms with van der Waals surface area (Å²) in [4.78, 5) is 11.6. The highest BCUT2D eigenvalue weighted by Gasteiger charge is 2.38. The third-order valence-electron chi connectivity index (χ3n) is 4.24. The molecule has 3 heteroatoms. The first kappa shape index (κ1) is 18.6. The van der Waals surface area contributed by atoms with Gasteiger partial charge in [-0.25, -0.2) is 0 Å². The molecule has 0 aromatic carbocycles. The Bertz CT molecular complexity index is 288. The Hall–Kier alpha value is -0.360. The zero-order chi connectivity index (χ0) is 14.9. The Kier molecular flexibility index (Phi) is 9.35. The van der Waals surface area contributed by atoms with Crippen LogP contribution in [0.3, 0.4) is 0 Å². The Morgan fingerprint density at radius 1 is 1.37 bits per heavy atom. The molecular formula is C16H31O2P. The van der Waals surface area contributed by atoms with Crippen molar-refractivity contribution in [3.05, 3.63) is 0 Å². The van der Waals surface area contributed by atoms with E-state index in [1.54, 1.807) is 0 Å². The smallest absolute Gasteiger partial charge is 0.309 e. The van der Waals surface area contributed by atoms with Gasteiger partial charge >= 0.3 is 5.97 Å². The molecule has 0 aliphatic carbocycles. The van der Waals surface area contributed by atoms with Crippen LogP contribution in [-0.4, -0.2) is 23.0 Å². The monoisotopic (exact) mass is 286 g/mol. The molecule has 0 bridgehead atoms. The van der Waals surface area contributed by atoms with Crippen LogP contribution in [0.5, 0.6) is 0 Å². The molecule has 0 aromatic rings. The van der Waals surface area contributed by atoms with Crippen LogP contribution in [0.1, 0.15) is 66.7 Å². The molecule has 3 unspecified atom stereocenters. The summed E-state index contributed by atoms with van der Waals surface area (Å²) < 4.78 is 0. The second-order valence-electron chi connectivity index (χ2n) is 6.02. The first-order chi connectivity index (χ1) is 8.88. The summed E-state index contributed by atoms with van der Waals surface area (Å²) in [6.07, 6.45) is 6.51. The Morgan fingerprint density at radius 2 is 2.00 bits per heavy atom. The molecule has 0 heterocycles. The van der Waals surface area contributed by atoms with Crippen molar-refractivity contribution in [2.24, 2.45) is 17.3 Å². The molecule has 0 saturated carbocycles. The molecule has 0 aliphatic heterocycles. The number of rotatable bonds is 10. The zero-order valence-electron chi connectivity index (χ0n) is 13.3. The average molecular weight is 286 g/mol. The largest absolute Gasteiger partial charge is 0.481 e. The first-order valence-corrected chi connectivity index (χ1v) is 8.75. The SMILES string of the molecule is CCCCP=CCC(C)CC(C)(C(=O)O)C(C)CC. The van der Waals surface area contributed by atoms with Crippen molar-refractivity contribution in [3.8, 4) is 0 Å². The predicted octanol–water partition coefficient (Wildman–Crippen LogP) is 5.09. The maximum atomic E-state index is 11.6. The minimum absolute atomic E-state index is 0.227. The summed E-state index contributed by atoms with van der Waals surface area (Å²) in [5.41, 5.74) is -0.581. The van der Waals surface area contributed by atoms with Gasteiger partial charge in [-0.15, -0.1) is 8.20 Å². The minimum Gasteiger partial charge on any atom is -0.481 e. The lowest BCUT2D eigenvalue weighted by atomic mass is 9.71. The third kappa shape index (κ3) is 6.56. The molecule has 1 N–H and O–H groups in total. The van der Waals surface area contributed by atoms with Crippen molar-refractivity contribution < 1.29 is 9.90 Å². The van der Waals surface area contributed by atoms with Crippen LogP contribution in [0.25, 0.3) is 0 Å². The molecule has 3 atom stereocenters. The summed E-state index contributed by atoms with van der Waals surface area (Å²) in [6.45, 7) is 10.4. The maximum Gasteiger partial charge on any atom is 0.309 e. The van der Waals surface area contributed by atoms with Gasteiger partial charge in [0.2, 0.25) is 0 Å². The van der Waals surface area contributed by atoms with Gasteiger partial charge in [0.05, 0.1) is 5.41 Å². The number of carboxylic acid groups (broad SMARTS) is 1. The van der Waals surface area contributed by atoms with E-state index in [0.29, 0.717) is 5.92 Å². The standard InChI is InChI=1S/C16H31O2P/c1-6-8-10-19-11-9-13(3)12-16(5,15(17)18)14(4)7-2/h11,13-14H,6-10,12H2,1-5H3,(H,17,18). The van der Waals surface area contributed by atoms with Gasteiger partial charge in [0, 0.05) is 0 Å². The number of hydrogen-bond acceptors (Lipinski definition) is 1. The number of carbonyl (C=O) groups is 1. The van der Waals surface area contributed by atoms with Gasteiger partial charge in [-0.1, -0.05) is 46.3 Å². The van der Waals surface area contributed by atoms with Gasteiger partial charge < -0.3 is 5.11 Å². The Labute approximate surface area is 120 Å². The molecule has 112 valence electrons. The summed E-state index contributed by atoms with van der Waals surface area (Å²) in [7, 11) is 1.41. The van der Waals surface area contributed by atoms with Gasteiger partial charge in [-0.3, -0.25) is 4.79 Å². The topological polar surface area (TPSA) is 37.3 Å². The van der Waals surface area contributed by atoms with E-state index in [9.17, 15) is 9.90 Å². The van der Waals surface area contributed by atoms with Crippen molar-refractivity contribution in [2.45, 2.75) is 66.7 Å². The molecule has 0 rings (SSSR count). The van der Waals surface area contributed by atoms with Crippen LogP contribution in [0, 0.1) is 17.3 Å². The van der Waals surface area contributed by atoms with Crippen LogP contribution >= 0.6 is 8.20 Å². The van der Waals surface area contributed by atoms with E-state index in [2.05, 4.69) is 33.5 Å². The van der Waals surface area contributed by atoms with Gasteiger partial charge in [0.25, 0.3) is 0 Å². The molecule has 2 nitrogen and oxygen atoms in total. The molecule has 0 saturated heterocycles. The van der Waals surface area contributed by atoms with Gasteiger partial charge in [0.15, 0.2) is 0 Å². The van der Waals surface area contributed by atoms with Crippen molar-refractivity contribution in [1.82, 2.24) is 0 Å². The van der Waals surface area contributed by atoms with Gasteiger partial charge in [-0.05, 0) is 44.2 Å². The Balaban J connectivity index is 4.37. The fraction of sp³-hybridized carbons (Fsp3) is 0.875. The summed E-state index contributed by atoms with van der Waals surface area (Å²) in [5.74, 6) is 2.35. The molecule has 0 spiro atoms. The predicted molar refractivity (Wildman–Crippen MR) is 86.4 cm³/mol. The zero-order valence-corrected chi connectivity index (χ0v) is 14.2. The average Bonchev–Trinajstić information content (AvgIpc) is 2.37. The number of aliphatic carboxylic acids is 1. The normalized spacial score (nSPS) is 18.2. The Morgan fingerprint density at radius 3 is 2.47 bits per heavy atom. The molecular weight excluding hydrogens is 255 g/mol. The van der Waals surface area contributed by atoms with Crippen LogP contribution in [-0.2, 0) is 4.79 Å². The van der Waals surface area contributed by atoms with Gasteiger partial charge in [0.1, 0.15) is 0 Å². The fourth-order valence-corrected chi connectivity index (χ4v) is 3.54. The molecule has 0 aromatic heterocycles. The molecule has 0 aliphatic rings. The summed E-state index contributed by atoms with van der Waals surface area (Å²) >= 11 is 0. The first-order valence-electron chi connectivity index (χ1n) is 7.60. The van der Waals surface area contributed by atoms with E-state index in [1.165, 1.54) is 27.2 Å². The van der Waals surface area contributed by atoms with Crippen molar-refractivity contribution >= 4 is 20.0 Å². The fourth-order valence-electron chi connectivity index (χ4n) is 2.35. The minimum atomic E-state index is -0.641. The summed E-state index contributed by atoms with van der Waals surface area (Å²) in [6, 6.07) is 0. The molecule has 0 radical (unpaired) electrons. The van der Waals surface area contributed by atoms with E-state index < -0.39 is 11.4 Å². The highest BCUT2D eigenvalue weighted by Crippen LogP contribution is 2.37. The van der Waals surface area contributed by atoms with Crippen LogP contribution in [0.15, 0.2) is 0 Å². The van der Waals surface area contributed by atoms with E-state index in [4.69, 9.17) is 0 Å². The number of unbranched alkanes of at least 4 members (excludes halogenated alkanes) is 1. The van der Waals surface area contributed by atoms with E-state index in [0.717, 1.165) is 19.3 Å². The van der Waals surface area contributed by atoms with Crippen LogP contribution in [0.2, 0.25) is 0 Å². The van der Waals surface area contributed by atoms with E-state index in [1.807, 2.05) is 6.92 Å². The third-order valence-corrected chi connectivity index (χ3v) is 5.28. The molecule has 0 amide bonds. The van der Waals surface area contributed by atoms with E-state index in [-0.39, 0.29) is 5.92 Å². The lowest BCUT2D eigenvalue weighted by Gasteiger charge is -2.33. The number of hydrogen-bond donors (Lipinski definition) is 1. The second-order valence-corrected chi connectivity index (χ2v) is 7.20. The van der Waals surface area contributed by atoms with Gasteiger partial charge in [-0.2, -0.15) is 0 Å². The van der Waals surface area contributed by atoms with Crippen molar-refractivity contribution in [2.75, 3.05) is 6.16 Å². The summed E-state index contributed by atoms with van der Waals surface area (Å²) in [5, 5.41) is 9.51. The number of carboxylic acids is 1. The maximum absolute atomic E-state index is 11.6. The lowest BCUT2D eigenvalue weighted by molar-refractivity contribution is -0.152. The molecule has 19 heavy (non-hydrogen) atoms. The highest BCUT2D eigenvalue weighted by atomic mass is 31.1. The second kappa shape index (κ2) is 9.53. The lowest BCUT2D eigenvalue weighted by Crippen LogP contribution is -2.36. The van der Waals surface area contributed by atoms with Crippen LogP contribution in [0.4, 0.5) is 0 Å². The quantitative estimate of drug-likeness (QED) is 0.448.